The molecule has 2 fully saturated rings. The molecule has 2 saturated heterocycles. The second-order valence-electron chi connectivity index (χ2n) is 8.25. The van der Waals surface area contributed by atoms with Gasteiger partial charge in [0.15, 0.2) is 0 Å². The normalized spacial score (nSPS) is 23.5. The molecule has 2 aliphatic rings. The maximum absolute atomic E-state index is 13.0. The van der Waals surface area contributed by atoms with Gasteiger partial charge in [0.2, 0.25) is 5.91 Å². The summed E-state index contributed by atoms with van der Waals surface area (Å²) in [5.41, 5.74) is 2.15. The van der Waals surface area contributed by atoms with Crippen molar-refractivity contribution in [3.63, 3.8) is 0 Å². The first-order valence-corrected chi connectivity index (χ1v) is 9.79. The summed E-state index contributed by atoms with van der Waals surface area (Å²) in [5, 5.41) is 10.1. The van der Waals surface area contributed by atoms with E-state index in [9.17, 15) is 9.90 Å². The van der Waals surface area contributed by atoms with E-state index < -0.39 is 0 Å². The van der Waals surface area contributed by atoms with Gasteiger partial charge in [-0.15, -0.1) is 0 Å². The van der Waals surface area contributed by atoms with Crippen molar-refractivity contribution in [3.05, 3.63) is 66.0 Å². The molecule has 1 amide bonds. The average molecular weight is 380 g/mol. The molecule has 6 heteroatoms. The van der Waals surface area contributed by atoms with Gasteiger partial charge < -0.3 is 14.9 Å². The molecule has 3 heterocycles. The van der Waals surface area contributed by atoms with Crippen molar-refractivity contribution in [2.45, 2.75) is 24.0 Å². The number of rotatable bonds is 6. The number of nitrogens with zero attached hydrogens (tertiary/aromatic N) is 4. The van der Waals surface area contributed by atoms with Crippen LogP contribution in [-0.2, 0) is 11.3 Å². The minimum Gasteiger partial charge on any atom is -0.394 e. The van der Waals surface area contributed by atoms with Crippen LogP contribution < -0.4 is 0 Å². The highest BCUT2D eigenvalue weighted by atomic mass is 16.3. The fraction of sp³-hybridized carbons (Fsp3) is 0.455. The molecule has 2 atom stereocenters. The van der Waals surface area contributed by atoms with Crippen LogP contribution in [0.4, 0.5) is 0 Å². The molecular weight excluding hydrogens is 352 g/mol. The second kappa shape index (κ2) is 7.62. The summed E-state index contributed by atoms with van der Waals surface area (Å²) in [7, 11) is 3.81. The van der Waals surface area contributed by atoms with E-state index in [2.05, 4.69) is 28.1 Å². The molecule has 1 aromatic heterocycles. The van der Waals surface area contributed by atoms with Crippen molar-refractivity contribution in [2.24, 2.45) is 0 Å². The number of aromatic nitrogens is 1. The Labute approximate surface area is 166 Å². The molecule has 0 saturated carbocycles. The first kappa shape index (κ1) is 19.1. The predicted molar refractivity (Wildman–Crippen MR) is 108 cm³/mol. The zero-order valence-corrected chi connectivity index (χ0v) is 16.5. The summed E-state index contributed by atoms with van der Waals surface area (Å²) >= 11 is 0. The van der Waals surface area contributed by atoms with Crippen LogP contribution in [0.25, 0.3) is 0 Å². The van der Waals surface area contributed by atoms with Crippen molar-refractivity contribution in [1.82, 2.24) is 19.7 Å². The zero-order chi connectivity index (χ0) is 19.7. The number of hydrogen-bond donors (Lipinski definition) is 1. The van der Waals surface area contributed by atoms with Crippen LogP contribution in [0, 0.1) is 0 Å². The van der Waals surface area contributed by atoms with Gasteiger partial charge in [-0.1, -0.05) is 36.4 Å². The Morgan fingerprint density at radius 3 is 2.57 bits per heavy atom. The van der Waals surface area contributed by atoms with E-state index in [-0.39, 0.29) is 30.0 Å². The molecule has 28 heavy (non-hydrogen) atoms. The molecule has 1 N–H and O–H groups in total. The van der Waals surface area contributed by atoms with Crippen molar-refractivity contribution in [1.29, 1.82) is 0 Å². The molecule has 1 aromatic carbocycles. The number of carbonyl (C=O) groups is 1. The molecule has 0 bridgehead atoms. The molecule has 0 radical (unpaired) electrons. The van der Waals surface area contributed by atoms with E-state index in [0.29, 0.717) is 6.54 Å². The number of pyridine rings is 1. The molecular formula is C22H28N4O2. The zero-order valence-electron chi connectivity index (χ0n) is 16.5. The number of aliphatic hydroxyl groups excluding tert-OH is 1. The Morgan fingerprint density at radius 1 is 1.21 bits per heavy atom. The van der Waals surface area contributed by atoms with Gasteiger partial charge in [-0.2, -0.15) is 0 Å². The SMILES string of the molecule is CN(C)CC(=O)N1[C@@H](CO)[C@@H](c2ccccc2)C12CN(Cc1cccnc1)C2. The van der Waals surface area contributed by atoms with Crippen LogP contribution in [0.5, 0.6) is 0 Å². The number of hydrogen-bond acceptors (Lipinski definition) is 5. The summed E-state index contributed by atoms with van der Waals surface area (Å²) in [6.45, 7) is 2.82. The largest absolute Gasteiger partial charge is 0.394 e. The number of aliphatic hydroxyl groups is 1. The molecule has 6 nitrogen and oxygen atoms in total. The first-order valence-electron chi connectivity index (χ1n) is 9.79. The smallest absolute Gasteiger partial charge is 0.237 e. The molecule has 148 valence electrons. The van der Waals surface area contributed by atoms with E-state index in [1.807, 2.05) is 54.4 Å². The Hall–Kier alpha value is -2.28. The van der Waals surface area contributed by atoms with Gasteiger partial charge in [0.25, 0.3) is 0 Å². The Morgan fingerprint density at radius 2 is 1.96 bits per heavy atom. The lowest BCUT2D eigenvalue weighted by Gasteiger charge is -2.70. The molecule has 4 rings (SSSR count). The molecule has 1 spiro atoms. The van der Waals surface area contributed by atoms with Crippen molar-refractivity contribution in [2.75, 3.05) is 40.3 Å². The minimum absolute atomic E-state index is 0.0108. The van der Waals surface area contributed by atoms with E-state index in [4.69, 9.17) is 0 Å². The van der Waals surface area contributed by atoms with Gasteiger partial charge >= 0.3 is 0 Å². The lowest BCUT2D eigenvalue weighted by Crippen LogP contribution is -2.85. The van der Waals surface area contributed by atoms with E-state index >= 15 is 0 Å². The van der Waals surface area contributed by atoms with Gasteiger partial charge in [0, 0.05) is 37.9 Å². The highest BCUT2D eigenvalue weighted by Gasteiger charge is 2.66. The van der Waals surface area contributed by atoms with Crippen molar-refractivity contribution in [3.8, 4) is 0 Å². The highest BCUT2D eigenvalue weighted by Crippen LogP contribution is 2.54. The van der Waals surface area contributed by atoms with Crippen LogP contribution in [0.1, 0.15) is 17.0 Å². The summed E-state index contributed by atoms with van der Waals surface area (Å²) in [6.07, 6.45) is 3.68. The summed E-state index contributed by atoms with van der Waals surface area (Å²) in [6, 6.07) is 14.2. The Kier molecular flexibility index (Phi) is 5.19. The molecule has 0 aliphatic carbocycles. The van der Waals surface area contributed by atoms with Crippen LogP contribution in [0.15, 0.2) is 54.9 Å². The molecule has 2 aromatic rings. The quantitative estimate of drug-likeness (QED) is 0.816. The minimum atomic E-state index is -0.232. The van der Waals surface area contributed by atoms with Crippen LogP contribution in [0.2, 0.25) is 0 Å². The first-order chi connectivity index (χ1) is 13.5. The van der Waals surface area contributed by atoms with Gasteiger partial charge in [0.1, 0.15) is 0 Å². The lowest BCUT2D eigenvalue weighted by molar-refractivity contribution is -0.202. The van der Waals surface area contributed by atoms with Crippen LogP contribution in [0.3, 0.4) is 0 Å². The summed E-state index contributed by atoms with van der Waals surface area (Å²) in [4.78, 5) is 23.4. The molecule has 0 unspecified atom stereocenters. The average Bonchev–Trinajstić information content (AvgIpc) is 2.64. The summed E-state index contributed by atoms with van der Waals surface area (Å²) in [5.74, 6) is 0.257. The van der Waals surface area contributed by atoms with Gasteiger partial charge in [-0.05, 0) is 31.3 Å². The number of amides is 1. The maximum Gasteiger partial charge on any atom is 0.237 e. The van der Waals surface area contributed by atoms with Crippen molar-refractivity contribution < 1.29 is 9.90 Å². The van der Waals surface area contributed by atoms with Crippen LogP contribution in [-0.4, -0.2) is 82.6 Å². The monoisotopic (exact) mass is 380 g/mol. The number of carbonyl (C=O) groups excluding carboxylic acids is 1. The van der Waals surface area contributed by atoms with Gasteiger partial charge in [-0.3, -0.25) is 14.7 Å². The Bertz CT molecular complexity index is 806. The number of likely N-dealkylation sites (tertiary alicyclic amines) is 2. The van der Waals surface area contributed by atoms with E-state index in [1.54, 1.807) is 6.20 Å². The maximum atomic E-state index is 13.0. The van der Waals surface area contributed by atoms with Gasteiger partial charge in [0.05, 0.1) is 24.7 Å². The third-order valence-electron chi connectivity index (χ3n) is 5.96. The third kappa shape index (κ3) is 3.21. The van der Waals surface area contributed by atoms with E-state index in [1.165, 1.54) is 11.1 Å². The fourth-order valence-electron chi connectivity index (χ4n) is 5.00. The standard InChI is InChI=1S/C22H28N4O2/c1-24(2)13-20(28)26-19(14-27)21(18-8-4-3-5-9-18)22(26)15-25(16-22)12-17-7-6-10-23-11-17/h3-11,19,21,27H,12-16H2,1-2H3/t19-,21+/m0/s1. The third-order valence-corrected chi connectivity index (χ3v) is 5.96. The van der Waals surface area contributed by atoms with Crippen LogP contribution >= 0.6 is 0 Å². The van der Waals surface area contributed by atoms with E-state index in [0.717, 1.165) is 19.6 Å². The lowest BCUT2D eigenvalue weighted by atomic mass is 9.60. The topological polar surface area (TPSA) is 59.9 Å². The molecule has 2 aliphatic heterocycles. The predicted octanol–water partition coefficient (Wildman–Crippen LogP) is 1.18. The highest BCUT2D eigenvalue weighted by molar-refractivity contribution is 5.82. The second-order valence-corrected chi connectivity index (χ2v) is 8.25. The number of likely N-dealkylation sites (N-methyl/N-ethyl adjacent to an activating group) is 1. The van der Waals surface area contributed by atoms with Gasteiger partial charge in [-0.25, -0.2) is 0 Å². The summed E-state index contributed by atoms with van der Waals surface area (Å²) < 4.78 is 0. The number of benzene rings is 1. The fourth-order valence-corrected chi connectivity index (χ4v) is 5.00. The Balaban J connectivity index is 1.57. The van der Waals surface area contributed by atoms with Crippen molar-refractivity contribution >= 4 is 5.91 Å².